The van der Waals surface area contributed by atoms with E-state index in [0.29, 0.717) is 17.5 Å². The Bertz CT molecular complexity index is 1510. The van der Waals surface area contributed by atoms with Gasteiger partial charge in [0.15, 0.2) is 0 Å². The molecule has 0 bridgehead atoms. The number of nitrogens with zero attached hydrogens (tertiary/aromatic N) is 6. The van der Waals surface area contributed by atoms with Crippen LogP contribution in [0.25, 0.3) is 33.1 Å². The standard InChI is InChI=1S/C24H21N6OP/c1-16-25-19-10-4-7-13-22(19)28(16)32(31,29-17(2)26-20-11-5-8-14-23(20)29)30-18(3)27-21-12-6-9-15-24(21)30/h4-15H,1-3H3. The third-order valence-corrected chi connectivity index (χ3v) is 8.96. The highest BCUT2D eigenvalue weighted by Gasteiger charge is 2.38. The Morgan fingerprint density at radius 3 is 1.12 bits per heavy atom. The van der Waals surface area contributed by atoms with Gasteiger partial charge in [0, 0.05) is 0 Å². The van der Waals surface area contributed by atoms with E-state index in [1.165, 1.54) is 0 Å². The van der Waals surface area contributed by atoms with E-state index in [2.05, 4.69) is 0 Å². The van der Waals surface area contributed by atoms with Crippen LogP contribution >= 0.6 is 7.59 Å². The molecular formula is C24H21N6OP. The van der Waals surface area contributed by atoms with E-state index in [1.54, 1.807) is 0 Å². The van der Waals surface area contributed by atoms with Crippen molar-refractivity contribution in [1.82, 2.24) is 28.0 Å². The van der Waals surface area contributed by atoms with Crippen LogP contribution in [0.4, 0.5) is 0 Å². The molecule has 6 aromatic rings. The Kier molecular flexibility index (Phi) is 3.95. The summed E-state index contributed by atoms with van der Waals surface area (Å²) in [4.78, 5) is 14.2. The van der Waals surface area contributed by atoms with Crippen LogP contribution in [0, 0.1) is 20.8 Å². The predicted molar refractivity (Wildman–Crippen MR) is 127 cm³/mol. The molecule has 0 aliphatic carbocycles. The molecular weight excluding hydrogens is 419 g/mol. The van der Waals surface area contributed by atoms with Gasteiger partial charge < -0.3 is 0 Å². The Morgan fingerprint density at radius 1 is 0.531 bits per heavy atom. The maximum Gasteiger partial charge on any atom is 0.376 e. The molecule has 0 saturated heterocycles. The summed E-state index contributed by atoms with van der Waals surface area (Å²) < 4.78 is 21.3. The topological polar surface area (TPSA) is 70.5 Å². The lowest BCUT2D eigenvalue weighted by atomic mass is 10.3. The van der Waals surface area contributed by atoms with Gasteiger partial charge in [-0.15, -0.1) is 0 Å². The fraction of sp³-hybridized carbons (Fsp3) is 0.125. The first-order valence-corrected chi connectivity index (χ1v) is 12.0. The minimum Gasteiger partial charge on any atom is -0.248 e. The van der Waals surface area contributed by atoms with Gasteiger partial charge in [-0.2, -0.15) is 0 Å². The second kappa shape index (κ2) is 6.65. The maximum atomic E-state index is 15.7. The summed E-state index contributed by atoms with van der Waals surface area (Å²) in [6.45, 7) is 5.70. The van der Waals surface area contributed by atoms with Gasteiger partial charge in [0.05, 0.1) is 33.1 Å². The summed E-state index contributed by atoms with van der Waals surface area (Å²) in [6.07, 6.45) is 0. The van der Waals surface area contributed by atoms with Crippen molar-refractivity contribution >= 4 is 40.7 Å². The second-order valence-corrected chi connectivity index (χ2v) is 10.1. The largest absolute Gasteiger partial charge is 0.376 e. The molecule has 0 amide bonds. The smallest absolute Gasteiger partial charge is 0.248 e. The van der Waals surface area contributed by atoms with Gasteiger partial charge in [-0.05, 0) is 57.2 Å². The van der Waals surface area contributed by atoms with Crippen LogP contribution < -0.4 is 0 Å². The van der Waals surface area contributed by atoms with Crippen LogP contribution in [-0.2, 0) is 4.57 Å². The van der Waals surface area contributed by atoms with Crippen LogP contribution in [0.15, 0.2) is 72.8 Å². The predicted octanol–water partition coefficient (Wildman–Crippen LogP) is 5.71. The van der Waals surface area contributed by atoms with Crippen molar-refractivity contribution in [2.75, 3.05) is 0 Å². The minimum absolute atomic E-state index is 0.670. The molecule has 0 spiro atoms. The van der Waals surface area contributed by atoms with Crippen molar-refractivity contribution in [3.63, 3.8) is 0 Å². The number of aryl methyl sites for hydroxylation is 3. The zero-order valence-electron chi connectivity index (χ0n) is 18.0. The van der Waals surface area contributed by atoms with E-state index in [4.69, 9.17) is 15.0 Å². The molecule has 0 atom stereocenters. The summed E-state index contributed by atoms with van der Waals surface area (Å²) in [5.41, 5.74) is 4.83. The lowest BCUT2D eigenvalue weighted by Gasteiger charge is -2.27. The number of hydrogen-bond acceptors (Lipinski definition) is 4. The van der Waals surface area contributed by atoms with E-state index in [0.717, 1.165) is 33.1 Å². The van der Waals surface area contributed by atoms with E-state index in [9.17, 15) is 0 Å². The molecule has 0 N–H and O–H groups in total. The highest BCUT2D eigenvalue weighted by atomic mass is 31.2. The molecule has 6 rings (SSSR count). The third kappa shape index (κ3) is 2.43. The summed E-state index contributed by atoms with van der Waals surface area (Å²) >= 11 is 0. The van der Waals surface area contributed by atoms with Crippen molar-refractivity contribution in [2.45, 2.75) is 20.8 Å². The quantitative estimate of drug-likeness (QED) is 0.330. The zero-order chi connectivity index (χ0) is 22.0. The monoisotopic (exact) mass is 440 g/mol. The fourth-order valence-corrected chi connectivity index (χ4v) is 7.81. The van der Waals surface area contributed by atoms with Crippen molar-refractivity contribution in [2.24, 2.45) is 0 Å². The van der Waals surface area contributed by atoms with Crippen LogP contribution in [-0.4, -0.2) is 28.0 Å². The molecule has 0 unspecified atom stereocenters. The first kappa shape index (κ1) is 19.0. The molecule has 32 heavy (non-hydrogen) atoms. The minimum atomic E-state index is -3.62. The Hall–Kier alpha value is -3.70. The van der Waals surface area contributed by atoms with Gasteiger partial charge in [0.2, 0.25) is 0 Å². The van der Waals surface area contributed by atoms with Crippen molar-refractivity contribution in [3.8, 4) is 0 Å². The number of benzene rings is 3. The molecule has 0 aliphatic heterocycles. The lowest BCUT2D eigenvalue weighted by molar-refractivity contribution is 0.553. The van der Waals surface area contributed by atoms with Crippen molar-refractivity contribution < 1.29 is 4.57 Å². The van der Waals surface area contributed by atoms with Gasteiger partial charge in [-0.1, -0.05) is 36.4 Å². The maximum absolute atomic E-state index is 15.7. The molecule has 0 radical (unpaired) electrons. The number of fused-ring (bicyclic) bond motifs is 3. The molecule has 7 nitrogen and oxygen atoms in total. The van der Waals surface area contributed by atoms with Gasteiger partial charge in [0.1, 0.15) is 17.5 Å². The van der Waals surface area contributed by atoms with E-state index < -0.39 is 7.59 Å². The van der Waals surface area contributed by atoms with E-state index >= 15 is 4.57 Å². The SMILES string of the molecule is Cc1nc2ccccc2n1P(=O)(n1c(C)nc2ccccc21)n1c(C)nc2ccccc21. The van der Waals surface area contributed by atoms with E-state index in [1.807, 2.05) is 107 Å². The van der Waals surface area contributed by atoms with Crippen LogP contribution in [0.1, 0.15) is 17.5 Å². The van der Waals surface area contributed by atoms with Crippen LogP contribution in [0.5, 0.6) is 0 Å². The first-order valence-electron chi connectivity index (χ1n) is 10.4. The highest BCUT2D eigenvalue weighted by Crippen LogP contribution is 2.56. The summed E-state index contributed by atoms with van der Waals surface area (Å²) in [6, 6.07) is 23.4. The first-order chi connectivity index (χ1) is 15.5. The molecule has 0 aliphatic rings. The molecule has 8 heteroatoms. The summed E-state index contributed by atoms with van der Waals surface area (Å²) in [5, 5.41) is 0. The molecule has 3 aromatic heterocycles. The van der Waals surface area contributed by atoms with Gasteiger partial charge >= 0.3 is 7.59 Å². The lowest BCUT2D eigenvalue weighted by Crippen LogP contribution is -2.17. The molecule has 0 fully saturated rings. The zero-order valence-corrected chi connectivity index (χ0v) is 18.9. The number of rotatable bonds is 3. The Balaban J connectivity index is 1.86. The number of aromatic nitrogens is 6. The molecule has 3 aromatic carbocycles. The van der Waals surface area contributed by atoms with Crippen molar-refractivity contribution in [3.05, 3.63) is 90.3 Å². The average molecular weight is 440 g/mol. The second-order valence-electron chi connectivity index (χ2n) is 7.89. The fourth-order valence-electron chi connectivity index (χ4n) is 4.66. The summed E-state index contributed by atoms with van der Waals surface area (Å²) in [5.74, 6) is 2.01. The third-order valence-electron chi connectivity index (χ3n) is 5.88. The number of para-hydroxylation sites is 6. The van der Waals surface area contributed by atoms with Crippen LogP contribution in [0.2, 0.25) is 0 Å². The van der Waals surface area contributed by atoms with Gasteiger partial charge in [0.25, 0.3) is 0 Å². The van der Waals surface area contributed by atoms with Gasteiger partial charge in [-0.25, -0.2) is 32.5 Å². The Morgan fingerprint density at radius 2 is 0.812 bits per heavy atom. The van der Waals surface area contributed by atoms with Crippen LogP contribution in [0.3, 0.4) is 0 Å². The molecule has 3 heterocycles. The highest BCUT2D eigenvalue weighted by molar-refractivity contribution is 7.60. The summed E-state index contributed by atoms with van der Waals surface area (Å²) in [7, 11) is -3.62. The molecule has 0 saturated carbocycles. The number of imidazole rings is 3. The Labute approximate surface area is 184 Å². The van der Waals surface area contributed by atoms with Crippen molar-refractivity contribution in [1.29, 1.82) is 0 Å². The van der Waals surface area contributed by atoms with Gasteiger partial charge in [-0.3, -0.25) is 0 Å². The average Bonchev–Trinajstić information content (AvgIpc) is 3.42. The number of hydrogen-bond donors (Lipinski definition) is 0. The van der Waals surface area contributed by atoms with E-state index in [-0.39, 0.29) is 0 Å². The molecule has 158 valence electrons. The normalized spacial score (nSPS) is 12.3.